The van der Waals surface area contributed by atoms with Crippen molar-refractivity contribution in [1.29, 1.82) is 0 Å². The lowest BCUT2D eigenvalue weighted by Crippen LogP contribution is -2.45. The molecule has 3 aromatic rings. The Kier molecular flexibility index (Phi) is 5.95. The van der Waals surface area contributed by atoms with E-state index in [1.807, 2.05) is 18.3 Å². The van der Waals surface area contributed by atoms with Gasteiger partial charge in [0, 0.05) is 54.5 Å². The normalized spacial score (nSPS) is 19.3. The van der Waals surface area contributed by atoms with Gasteiger partial charge in [-0.05, 0) is 31.5 Å². The van der Waals surface area contributed by atoms with E-state index in [0.29, 0.717) is 25.8 Å². The number of ether oxygens (including phenoxy) is 1. The van der Waals surface area contributed by atoms with Gasteiger partial charge in [-0.3, -0.25) is 14.7 Å². The van der Waals surface area contributed by atoms with Crippen molar-refractivity contribution < 1.29 is 4.74 Å². The molecule has 0 radical (unpaired) electrons. The molecule has 7 nitrogen and oxygen atoms in total. The van der Waals surface area contributed by atoms with Crippen LogP contribution in [-0.4, -0.2) is 51.9 Å². The lowest BCUT2D eigenvalue weighted by Gasteiger charge is -2.36. The second-order valence-electron chi connectivity index (χ2n) is 8.42. The fourth-order valence-corrected chi connectivity index (χ4v) is 4.70. The minimum absolute atomic E-state index is 0.0285. The highest BCUT2D eigenvalue weighted by Crippen LogP contribution is 2.23. The Morgan fingerprint density at radius 2 is 2.10 bits per heavy atom. The maximum absolute atomic E-state index is 12.5. The molecule has 0 spiro atoms. The number of aromatic nitrogens is 3. The van der Waals surface area contributed by atoms with Gasteiger partial charge in [-0.2, -0.15) is 5.10 Å². The van der Waals surface area contributed by atoms with Crippen molar-refractivity contribution in [1.82, 2.24) is 19.7 Å². The van der Waals surface area contributed by atoms with Gasteiger partial charge in [0.1, 0.15) is 0 Å². The summed E-state index contributed by atoms with van der Waals surface area (Å²) in [4.78, 5) is 19.5. The summed E-state index contributed by atoms with van der Waals surface area (Å²) in [7, 11) is 0. The second kappa shape index (κ2) is 9.16. The SMILES string of the molecule is O=c1cc2c(nn1CCN1CCCCC1CNc1ccnc3ccccc13)CCOC2. The average molecular weight is 420 g/mol. The van der Waals surface area contributed by atoms with Crippen LogP contribution in [0.2, 0.25) is 0 Å². The highest BCUT2D eigenvalue weighted by atomic mass is 16.5. The molecule has 1 atom stereocenters. The largest absolute Gasteiger partial charge is 0.383 e. The number of nitrogens with zero attached hydrogens (tertiary/aromatic N) is 4. The lowest BCUT2D eigenvalue weighted by atomic mass is 10.0. The van der Waals surface area contributed by atoms with Crippen molar-refractivity contribution in [3.8, 4) is 0 Å². The standard InChI is InChI=1S/C24H29N5O2/c30-24-15-18-17-31-14-9-21(18)27-29(24)13-12-28-11-4-3-5-19(28)16-26-23-8-10-25-22-7-2-1-6-20(22)23/h1-2,6-8,10,15,19H,3-5,9,11-14,16-17H2,(H,25,26). The third kappa shape index (κ3) is 4.48. The van der Waals surface area contributed by atoms with Crippen molar-refractivity contribution in [3.63, 3.8) is 0 Å². The summed E-state index contributed by atoms with van der Waals surface area (Å²) >= 11 is 0. The van der Waals surface area contributed by atoms with E-state index in [4.69, 9.17) is 4.74 Å². The second-order valence-corrected chi connectivity index (χ2v) is 8.42. The zero-order chi connectivity index (χ0) is 21.0. The molecule has 1 fully saturated rings. The van der Waals surface area contributed by atoms with Gasteiger partial charge in [0.15, 0.2) is 0 Å². The minimum atomic E-state index is -0.0285. The first-order valence-electron chi connectivity index (χ1n) is 11.3. The van der Waals surface area contributed by atoms with E-state index in [0.717, 1.165) is 53.9 Å². The Bertz CT molecular complexity index is 1110. The first-order chi connectivity index (χ1) is 15.3. The molecule has 5 rings (SSSR count). The number of hydrogen-bond donors (Lipinski definition) is 1. The molecule has 0 saturated carbocycles. The Balaban J connectivity index is 1.25. The van der Waals surface area contributed by atoms with Crippen LogP contribution in [-0.2, 0) is 24.3 Å². The third-order valence-corrected chi connectivity index (χ3v) is 6.43. The van der Waals surface area contributed by atoms with E-state index in [-0.39, 0.29) is 5.56 Å². The van der Waals surface area contributed by atoms with Gasteiger partial charge >= 0.3 is 0 Å². The van der Waals surface area contributed by atoms with Crippen LogP contribution in [0.3, 0.4) is 0 Å². The highest BCUT2D eigenvalue weighted by Gasteiger charge is 2.23. The number of hydrogen-bond acceptors (Lipinski definition) is 6. The zero-order valence-corrected chi connectivity index (χ0v) is 17.8. The van der Waals surface area contributed by atoms with E-state index in [2.05, 4.69) is 38.5 Å². The topological polar surface area (TPSA) is 72.3 Å². The maximum Gasteiger partial charge on any atom is 0.267 e. The predicted molar refractivity (Wildman–Crippen MR) is 121 cm³/mol. The molecule has 0 amide bonds. The van der Waals surface area contributed by atoms with Gasteiger partial charge in [-0.15, -0.1) is 0 Å². The number of rotatable bonds is 6. The van der Waals surface area contributed by atoms with Crippen LogP contribution in [0.1, 0.15) is 30.5 Å². The molecule has 1 unspecified atom stereocenters. The predicted octanol–water partition coefficient (Wildman–Crippen LogP) is 2.83. The lowest BCUT2D eigenvalue weighted by molar-refractivity contribution is 0.107. The summed E-state index contributed by atoms with van der Waals surface area (Å²) in [6, 6.07) is 12.4. The molecule has 4 heterocycles. The quantitative estimate of drug-likeness (QED) is 0.662. The molecule has 0 aliphatic carbocycles. The molecule has 1 saturated heterocycles. The fraction of sp³-hybridized carbons (Fsp3) is 0.458. The smallest absolute Gasteiger partial charge is 0.267 e. The number of nitrogens with one attached hydrogen (secondary N) is 1. The Hall–Kier alpha value is -2.77. The Morgan fingerprint density at radius 1 is 1.16 bits per heavy atom. The Labute approximate surface area is 182 Å². The van der Waals surface area contributed by atoms with Crippen LogP contribution in [0.4, 0.5) is 5.69 Å². The minimum Gasteiger partial charge on any atom is -0.383 e. The van der Waals surface area contributed by atoms with Gasteiger partial charge in [0.25, 0.3) is 5.56 Å². The van der Waals surface area contributed by atoms with Crippen LogP contribution in [0, 0.1) is 0 Å². The zero-order valence-electron chi connectivity index (χ0n) is 17.8. The average Bonchev–Trinajstić information content (AvgIpc) is 2.82. The number of para-hydroxylation sites is 1. The number of benzene rings is 1. The molecular formula is C24H29N5O2. The summed E-state index contributed by atoms with van der Waals surface area (Å²) in [6.07, 6.45) is 6.27. The van der Waals surface area contributed by atoms with E-state index in [9.17, 15) is 4.79 Å². The molecule has 162 valence electrons. The third-order valence-electron chi connectivity index (χ3n) is 6.43. The van der Waals surface area contributed by atoms with Crippen molar-refractivity contribution in [3.05, 3.63) is 64.2 Å². The van der Waals surface area contributed by atoms with Gasteiger partial charge in [0.05, 0.1) is 31.0 Å². The van der Waals surface area contributed by atoms with E-state index in [1.165, 1.54) is 19.3 Å². The highest BCUT2D eigenvalue weighted by molar-refractivity contribution is 5.90. The molecule has 1 N–H and O–H groups in total. The van der Waals surface area contributed by atoms with E-state index >= 15 is 0 Å². The van der Waals surface area contributed by atoms with Crippen molar-refractivity contribution in [2.75, 3.05) is 31.6 Å². The van der Waals surface area contributed by atoms with Crippen LogP contribution in [0.5, 0.6) is 0 Å². The molecule has 1 aromatic carbocycles. The summed E-state index contributed by atoms with van der Waals surface area (Å²) in [5, 5.41) is 9.44. The van der Waals surface area contributed by atoms with Gasteiger partial charge in [-0.25, -0.2) is 4.68 Å². The molecule has 2 aliphatic rings. The first-order valence-corrected chi connectivity index (χ1v) is 11.3. The molecule has 0 bridgehead atoms. The number of pyridine rings is 1. The fourth-order valence-electron chi connectivity index (χ4n) is 4.70. The van der Waals surface area contributed by atoms with E-state index in [1.54, 1.807) is 10.7 Å². The number of likely N-dealkylation sites (tertiary alicyclic amines) is 1. The number of fused-ring (bicyclic) bond motifs is 2. The van der Waals surface area contributed by atoms with Crippen molar-refractivity contribution in [2.45, 2.75) is 44.9 Å². The molecule has 2 aliphatic heterocycles. The van der Waals surface area contributed by atoms with Crippen LogP contribution >= 0.6 is 0 Å². The van der Waals surface area contributed by atoms with Crippen LogP contribution in [0.25, 0.3) is 10.9 Å². The molecular weight excluding hydrogens is 390 g/mol. The number of anilines is 1. The number of piperidine rings is 1. The molecule has 31 heavy (non-hydrogen) atoms. The monoisotopic (exact) mass is 419 g/mol. The summed E-state index contributed by atoms with van der Waals surface area (Å²) in [6.45, 7) is 4.60. The van der Waals surface area contributed by atoms with E-state index < -0.39 is 0 Å². The Morgan fingerprint density at radius 3 is 3.06 bits per heavy atom. The summed E-state index contributed by atoms with van der Waals surface area (Å²) in [5.41, 5.74) is 4.06. The van der Waals surface area contributed by atoms with Crippen molar-refractivity contribution >= 4 is 16.6 Å². The van der Waals surface area contributed by atoms with Gasteiger partial charge < -0.3 is 10.1 Å². The molecule has 2 aromatic heterocycles. The van der Waals surface area contributed by atoms with Crippen LogP contribution < -0.4 is 10.9 Å². The van der Waals surface area contributed by atoms with Crippen LogP contribution in [0.15, 0.2) is 47.4 Å². The van der Waals surface area contributed by atoms with Gasteiger partial charge in [0.2, 0.25) is 0 Å². The van der Waals surface area contributed by atoms with Crippen molar-refractivity contribution in [2.24, 2.45) is 0 Å². The van der Waals surface area contributed by atoms with Gasteiger partial charge in [-0.1, -0.05) is 24.6 Å². The summed E-state index contributed by atoms with van der Waals surface area (Å²) in [5.74, 6) is 0. The first kappa shape index (κ1) is 20.2. The summed E-state index contributed by atoms with van der Waals surface area (Å²) < 4.78 is 7.08. The maximum atomic E-state index is 12.5. The molecule has 7 heteroatoms.